The van der Waals surface area contributed by atoms with Gasteiger partial charge in [-0.15, -0.1) is 0 Å². The maximum atomic E-state index is 13.2. The predicted octanol–water partition coefficient (Wildman–Crippen LogP) is 2.95. The van der Waals surface area contributed by atoms with Crippen molar-refractivity contribution in [3.8, 4) is 0 Å². The number of hydrogen-bond donors (Lipinski definition) is 2. The Labute approximate surface area is 119 Å². The molecule has 20 heavy (non-hydrogen) atoms. The van der Waals surface area contributed by atoms with Crippen LogP contribution in [0.3, 0.4) is 0 Å². The molecule has 1 aromatic carbocycles. The van der Waals surface area contributed by atoms with Gasteiger partial charge < -0.3 is 16.0 Å². The molecule has 0 saturated heterocycles. The van der Waals surface area contributed by atoms with E-state index < -0.39 is 0 Å². The zero-order valence-electron chi connectivity index (χ0n) is 11.9. The summed E-state index contributed by atoms with van der Waals surface area (Å²) in [5, 5.41) is 2.76. The highest BCUT2D eigenvalue weighted by molar-refractivity contribution is 5.89. The highest BCUT2D eigenvalue weighted by Gasteiger charge is 2.40. The van der Waals surface area contributed by atoms with Crippen LogP contribution in [0.25, 0.3) is 0 Å². The summed E-state index contributed by atoms with van der Waals surface area (Å²) in [6.07, 6.45) is 4.07. The fourth-order valence-electron chi connectivity index (χ4n) is 3.07. The monoisotopic (exact) mass is 279 g/mol. The lowest BCUT2D eigenvalue weighted by Gasteiger charge is -2.40. The summed E-state index contributed by atoms with van der Waals surface area (Å²) in [6, 6.07) is 5.72. The summed E-state index contributed by atoms with van der Waals surface area (Å²) in [4.78, 5) is 14.2. The van der Waals surface area contributed by atoms with Gasteiger partial charge in [-0.1, -0.05) is 18.9 Å². The first kappa shape index (κ1) is 14.8. The molecular weight excluding hydrogens is 257 g/mol. The molecule has 1 aliphatic carbocycles. The summed E-state index contributed by atoms with van der Waals surface area (Å²) in [5.74, 6) is -0.361. The summed E-state index contributed by atoms with van der Waals surface area (Å²) >= 11 is 0. The lowest BCUT2D eigenvalue weighted by atomic mass is 9.95. The summed E-state index contributed by atoms with van der Waals surface area (Å²) < 4.78 is 13.2. The molecule has 5 heteroatoms. The third-order valence-electron chi connectivity index (χ3n) is 4.12. The van der Waals surface area contributed by atoms with Crippen LogP contribution in [0, 0.1) is 5.82 Å². The number of benzene rings is 1. The maximum absolute atomic E-state index is 13.2. The minimum atomic E-state index is -0.361. The molecule has 0 unspecified atom stereocenters. The maximum Gasteiger partial charge on any atom is 0.322 e. The van der Waals surface area contributed by atoms with Crippen LogP contribution in [-0.2, 0) is 0 Å². The number of nitrogens with zero attached hydrogens (tertiary/aromatic N) is 1. The Kier molecular flexibility index (Phi) is 4.60. The largest absolute Gasteiger partial charge is 0.328 e. The van der Waals surface area contributed by atoms with Gasteiger partial charge in [0.25, 0.3) is 0 Å². The number of anilines is 1. The second kappa shape index (κ2) is 6.22. The van der Waals surface area contributed by atoms with E-state index in [0.717, 1.165) is 25.7 Å². The smallest absolute Gasteiger partial charge is 0.322 e. The Morgan fingerprint density at radius 2 is 2.15 bits per heavy atom. The predicted molar refractivity (Wildman–Crippen MR) is 78.1 cm³/mol. The lowest BCUT2D eigenvalue weighted by Crippen LogP contribution is -2.55. The Bertz CT molecular complexity index is 472. The number of amides is 2. The second-order valence-corrected chi connectivity index (χ2v) is 5.32. The van der Waals surface area contributed by atoms with Gasteiger partial charge in [0.05, 0.1) is 5.54 Å². The van der Waals surface area contributed by atoms with Gasteiger partial charge in [-0.05, 0) is 38.0 Å². The van der Waals surface area contributed by atoms with Gasteiger partial charge in [0, 0.05) is 18.8 Å². The van der Waals surface area contributed by atoms with Crippen LogP contribution in [0.5, 0.6) is 0 Å². The van der Waals surface area contributed by atoms with Crippen LogP contribution in [0.1, 0.15) is 32.6 Å². The number of rotatable bonds is 4. The van der Waals surface area contributed by atoms with Crippen LogP contribution >= 0.6 is 0 Å². The first-order valence-electron chi connectivity index (χ1n) is 7.15. The number of likely N-dealkylation sites (N-methyl/N-ethyl adjacent to an activating group) is 1. The third kappa shape index (κ3) is 2.93. The fourth-order valence-corrected chi connectivity index (χ4v) is 3.07. The number of nitrogens with one attached hydrogen (secondary N) is 1. The minimum absolute atomic E-state index is 0.203. The van der Waals surface area contributed by atoms with Crippen LogP contribution in [-0.4, -0.2) is 29.6 Å². The molecule has 2 amide bonds. The molecule has 110 valence electrons. The van der Waals surface area contributed by atoms with Gasteiger partial charge in [0.2, 0.25) is 0 Å². The Morgan fingerprint density at radius 3 is 2.70 bits per heavy atom. The quantitative estimate of drug-likeness (QED) is 0.890. The fraction of sp³-hybridized carbons (Fsp3) is 0.533. The Balaban J connectivity index is 2.13. The van der Waals surface area contributed by atoms with Crippen molar-refractivity contribution in [1.82, 2.24) is 4.90 Å². The van der Waals surface area contributed by atoms with Crippen LogP contribution in [0.2, 0.25) is 0 Å². The molecule has 4 nitrogen and oxygen atoms in total. The van der Waals surface area contributed by atoms with Crippen molar-refractivity contribution < 1.29 is 9.18 Å². The molecule has 0 heterocycles. The van der Waals surface area contributed by atoms with Crippen molar-refractivity contribution in [2.75, 3.05) is 18.4 Å². The molecule has 0 atom stereocenters. The van der Waals surface area contributed by atoms with Crippen molar-refractivity contribution in [1.29, 1.82) is 0 Å². The minimum Gasteiger partial charge on any atom is -0.328 e. The summed E-state index contributed by atoms with van der Waals surface area (Å²) in [7, 11) is 0. The first-order valence-corrected chi connectivity index (χ1v) is 7.15. The summed E-state index contributed by atoms with van der Waals surface area (Å²) in [5.41, 5.74) is 6.15. The van der Waals surface area contributed by atoms with E-state index in [-0.39, 0.29) is 17.4 Å². The molecule has 2 rings (SSSR count). The highest BCUT2D eigenvalue weighted by atomic mass is 19.1. The van der Waals surface area contributed by atoms with E-state index in [2.05, 4.69) is 5.32 Å². The Hall–Kier alpha value is -1.62. The van der Waals surface area contributed by atoms with Crippen LogP contribution < -0.4 is 11.1 Å². The van der Waals surface area contributed by atoms with Gasteiger partial charge in [-0.25, -0.2) is 9.18 Å². The molecule has 1 fully saturated rings. The van der Waals surface area contributed by atoms with Gasteiger partial charge in [0.15, 0.2) is 0 Å². The van der Waals surface area contributed by atoms with E-state index in [9.17, 15) is 9.18 Å². The van der Waals surface area contributed by atoms with Gasteiger partial charge in [-0.3, -0.25) is 0 Å². The number of urea groups is 1. The highest BCUT2D eigenvalue weighted by Crippen LogP contribution is 2.34. The second-order valence-electron chi connectivity index (χ2n) is 5.32. The van der Waals surface area contributed by atoms with Crippen molar-refractivity contribution in [3.63, 3.8) is 0 Å². The lowest BCUT2D eigenvalue weighted by molar-refractivity contribution is 0.134. The number of halogens is 1. The molecule has 0 aliphatic heterocycles. The van der Waals surface area contributed by atoms with Gasteiger partial charge in [-0.2, -0.15) is 0 Å². The molecule has 0 aromatic heterocycles. The van der Waals surface area contributed by atoms with E-state index in [4.69, 9.17) is 5.73 Å². The SMILES string of the molecule is CCN(C(=O)Nc1cccc(F)c1)C1(CN)CCCC1. The molecule has 1 saturated carbocycles. The normalized spacial score (nSPS) is 16.9. The van der Waals surface area contributed by atoms with Crippen molar-refractivity contribution in [2.24, 2.45) is 5.73 Å². The van der Waals surface area contributed by atoms with E-state index in [1.165, 1.54) is 12.1 Å². The number of nitrogens with two attached hydrogens (primary N) is 1. The van der Waals surface area contributed by atoms with Crippen LogP contribution in [0.4, 0.5) is 14.9 Å². The number of carbonyl (C=O) groups is 1. The van der Waals surface area contributed by atoms with Crippen molar-refractivity contribution in [2.45, 2.75) is 38.1 Å². The van der Waals surface area contributed by atoms with Crippen molar-refractivity contribution >= 4 is 11.7 Å². The molecule has 3 N–H and O–H groups in total. The van der Waals surface area contributed by atoms with Gasteiger partial charge >= 0.3 is 6.03 Å². The standard InChI is InChI=1S/C15H22FN3O/c1-2-19(15(11-17)8-3-4-9-15)14(20)18-13-7-5-6-12(16)10-13/h5-7,10H,2-4,8-9,11,17H2,1H3,(H,18,20). The van der Waals surface area contributed by atoms with E-state index in [1.807, 2.05) is 6.92 Å². The molecule has 0 spiro atoms. The summed E-state index contributed by atoms with van der Waals surface area (Å²) in [6.45, 7) is 3.01. The molecule has 0 radical (unpaired) electrons. The zero-order chi connectivity index (χ0) is 14.6. The van der Waals surface area contributed by atoms with Crippen molar-refractivity contribution in [3.05, 3.63) is 30.1 Å². The third-order valence-corrected chi connectivity index (χ3v) is 4.12. The molecule has 1 aliphatic rings. The number of carbonyl (C=O) groups excluding carboxylic acids is 1. The average Bonchev–Trinajstić information content (AvgIpc) is 2.89. The number of hydrogen-bond acceptors (Lipinski definition) is 2. The Morgan fingerprint density at radius 1 is 1.45 bits per heavy atom. The van der Waals surface area contributed by atoms with Gasteiger partial charge in [0.1, 0.15) is 5.82 Å². The average molecular weight is 279 g/mol. The topological polar surface area (TPSA) is 58.4 Å². The van der Waals surface area contributed by atoms with E-state index in [1.54, 1.807) is 17.0 Å². The van der Waals surface area contributed by atoms with Crippen LogP contribution in [0.15, 0.2) is 24.3 Å². The first-order chi connectivity index (χ1) is 9.61. The molecule has 1 aromatic rings. The van der Waals surface area contributed by atoms with E-state index >= 15 is 0 Å². The van der Waals surface area contributed by atoms with E-state index in [0.29, 0.717) is 18.8 Å². The molecular formula is C15H22FN3O. The molecule has 0 bridgehead atoms. The zero-order valence-corrected chi connectivity index (χ0v) is 11.9.